The quantitative estimate of drug-likeness (QED) is 0.227. The molecule has 0 aliphatic rings. The van der Waals surface area contributed by atoms with E-state index in [1.54, 1.807) is 98.7 Å². The maximum Gasteiger partial charge on any atom is 0.425 e. The predicted octanol–water partition coefficient (Wildman–Crippen LogP) is 5.86. The van der Waals surface area contributed by atoms with E-state index < -0.39 is 79.6 Å². The molecule has 0 saturated carbocycles. The summed E-state index contributed by atoms with van der Waals surface area (Å²) in [4.78, 5) is 25.8. The number of benzene rings is 3. The summed E-state index contributed by atoms with van der Waals surface area (Å²) < 4.78 is 94.4. The highest BCUT2D eigenvalue weighted by atomic mass is 32.2. The highest BCUT2D eigenvalue weighted by Gasteiger charge is 2.34. The third-order valence-corrected chi connectivity index (χ3v) is 12.5. The van der Waals surface area contributed by atoms with Crippen molar-refractivity contribution in [3.63, 3.8) is 0 Å². The van der Waals surface area contributed by atoms with Gasteiger partial charge in [-0.15, -0.1) is 0 Å². The van der Waals surface area contributed by atoms with Crippen LogP contribution in [0.15, 0.2) is 87.5 Å². The SMILES string of the molecule is Cc1ccc(S(=O)(=O)N(CC#CCN(C(=O)OC(C)(C)C)S(=O)(=O)c2ccc(C)cc2)CC#CCN(C(=O)OC(C)(C)C)S(=O)(=O)c2ccc(C)cc2)cc1. The second-order valence-electron chi connectivity index (χ2n) is 14.4. The van der Waals surface area contributed by atoms with Gasteiger partial charge in [0.15, 0.2) is 0 Å². The van der Waals surface area contributed by atoms with Crippen LogP contribution in [0.3, 0.4) is 0 Å². The molecule has 2 amide bonds. The van der Waals surface area contributed by atoms with Crippen molar-refractivity contribution in [3.8, 4) is 23.7 Å². The average Bonchev–Trinajstić information content (AvgIpc) is 3.05. The largest absolute Gasteiger partial charge is 0.443 e. The fraction of sp³-hybridized carbons (Fsp3) is 0.385. The third-order valence-electron chi connectivity index (χ3n) is 7.28. The monoisotopic (exact) mass is 813 g/mol. The molecular formula is C39H47N3O10S3. The number of rotatable bonds is 10. The van der Waals surface area contributed by atoms with E-state index in [4.69, 9.17) is 9.47 Å². The van der Waals surface area contributed by atoms with Gasteiger partial charge in [-0.1, -0.05) is 76.8 Å². The van der Waals surface area contributed by atoms with Gasteiger partial charge in [0.1, 0.15) is 24.3 Å². The van der Waals surface area contributed by atoms with E-state index in [1.165, 1.54) is 36.4 Å². The Morgan fingerprint density at radius 3 is 1.00 bits per heavy atom. The summed E-state index contributed by atoms with van der Waals surface area (Å²) >= 11 is 0. The second kappa shape index (κ2) is 17.7. The van der Waals surface area contributed by atoms with Crippen molar-refractivity contribution >= 4 is 42.3 Å². The zero-order valence-electron chi connectivity index (χ0n) is 32.4. The number of amides is 2. The first-order chi connectivity index (χ1) is 25.3. The first kappa shape index (κ1) is 44.5. The van der Waals surface area contributed by atoms with Gasteiger partial charge in [-0.2, -0.15) is 12.9 Å². The van der Waals surface area contributed by atoms with Gasteiger partial charge in [0.2, 0.25) is 10.0 Å². The second-order valence-corrected chi connectivity index (χ2v) is 20.1. The molecule has 0 bridgehead atoms. The van der Waals surface area contributed by atoms with Crippen LogP contribution in [0.1, 0.15) is 58.2 Å². The van der Waals surface area contributed by atoms with E-state index in [2.05, 4.69) is 23.7 Å². The molecule has 3 aromatic rings. The molecule has 3 rings (SSSR count). The molecule has 13 nitrogen and oxygen atoms in total. The Hall–Kier alpha value is -4.87. The summed E-state index contributed by atoms with van der Waals surface area (Å²) in [5.74, 6) is 10.4. The topological polar surface area (TPSA) is 165 Å². The van der Waals surface area contributed by atoms with Gasteiger partial charge in [-0.25, -0.2) is 34.8 Å². The molecule has 0 saturated heterocycles. The Labute approximate surface area is 325 Å². The van der Waals surface area contributed by atoms with Crippen LogP contribution < -0.4 is 0 Å². The number of aryl methyl sites for hydroxylation is 3. The van der Waals surface area contributed by atoms with Crippen LogP contribution in [0.2, 0.25) is 0 Å². The molecule has 0 unspecified atom stereocenters. The molecule has 0 fully saturated rings. The Bertz CT molecular complexity index is 2180. The lowest BCUT2D eigenvalue weighted by molar-refractivity contribution is 0.0393. The number of hydrogen-bond acceptors (Lipinski definition) is 10. The number of nitrogens with zero attached hydrogens (tertiary/aromatic N) is 3. The molecule has 0 aliphatic heterocycles. The first-order valence-corrected chi connectivity index (χ1v) is 21.3. The van der Waals surface area contributed by atoms with E-state index in [1.807, 2.05) is 0 Å². The lowest BCUT2D eigenvalue weighted by Gasteiger charge is -2.26. The van der Waals surface area contributed by atoms with Crippen molar-refractivity contribution < 1.29 is 44.3 Å². The molecule has 0 aromatic heterocycles. The molecule has 296 valence electrons. The summed E-state index contributed by atoms with van der Waals surface area (Å²) in [6.45, 7) is 12.4. The van der Waals surface area contributed by atoms with Crippen LogP contribution in [-0.2, 0) is 39.5 Å². The van der Waals surface area contributed by atoms with Gasteiger partial charge in [0.25, 0.3) is 20.0 Å². The molecule has 0 radical (unpaired) electrons. The summed E-state index contributed by atoms with van der Waals surface area (Å²) in [6, 6.07) is 17.7. The Morgan fingerprint density at radius 1 is 0.473 bits per heavy atom. The molecule has 0 heterocycles. The summed E-state index contributed by atoms with van der Waals surface area (Å²) in [5.41, 5.74) is 0.319. The van der Waals surface area contributed by atoms with E-state index in [9.17, 15) is 34.8 Å². The standard InChI is InChI=1S/C39H47N3O10S3/c1-30-14-20-33(21-15-30)53(45,46)40(26-10-12-28-41(36(43)51-38(4,5)6)54(47,48)34-22-16-31(2)17-23-34)27-11-13-29-42(37(44)52-39(7,8)9)55(49,50)35-24-18-32(3)19-25-35/h14-25H,26-29H2,1-9H3. The predicted molar refractivity (Wildman–Crippen MR) is 208 cm³/mol. The van der Waals surface area contributed by atoms with Crippen molar-refractivity contribution in [2.75, 3.05) is 26.2 Å². The molecule has 0 spiro atoms. The van der Waals surface area contributed by atoms with Crippen molar-refractivity contribution in [1.82, 2.24) is 12.9 Å². The van der Waals surface area contributed by atoms with Crippen LogP contribution in [0.5, 0.6) is 0 Å². The molecule has 0 atom stereocenters. The lowest BCUT2D eigenvalue weighted by atomic mass is 10.2. The van der Waals surface area contributed by atoms with Crippen LogP contribution in [-0.4, -0.2) is 87.7 Å². The highest BCUT2D eigenvalue weighted by Crippen LogP contribution is 2.22. The van der Waals surface area contributed by atoms with E-state index in [0.29, 0.717) is 8.61 Å². The summed E-state index contributed by atoms with van der Waals surface area (Å²) in [6.07, 6.45) is -2.35. The molecule has 3 aromatic carbocycles. The normalized spacial score (nSPS) is 12.1. The van der Waals surface area contributed by atoms with E-state index in [0.717, 1.165) is 21.0 Å². The smallest absolute Gasteiger partial charge is 0.425 e. The van der Waals surface area contributed by atoms with Crippen LogP contribution >= 0.6 is 0 Å². The highest BCUT2D eigenvalue weighted by molar-refractivity contribution is 7.90. The van der Waals surface area contributed by atoms with Crippen LogP contribution in [0.4, 0.5) is 9.59 Å². The number of carbonyl (C=O) groups is 2. The van der Waals surface area contributed by atoms with Gasteiger partial charge in [0, 0.05) is 0 Å². The van der Waals surface area contributed by atoms with E-state index in [-0.39, 0.29) is 14.7 Å². The van der Waals surface area contributed by atoms with Gasteiger partial charge >= 0.3 is 12.2 Å². The zero-order chi connectivity index (χ0) is 41.4. The van der Waals surface area contributed by atoms with Gasteiger partial charge in [-0.3, -0.25) is 0 Å². The minimum absolute atomic E-state index is 0.0867. The molecule has 55 heavy (non-hydrogen) atoms. The molecular weight excluding hydrogens is 767 g/mol. The van der Waals surface area contributed by atoms with Crippen molar-refractivity contribution in [2.45, 2.75) is 88.2 Å². The fourth-order valence-corrected chi connectivity index (χ4v) is 8.08. The Kier molecular flexibility index (Phi) is 14.3. The van der Waals surface area contributed by atoms with Gasteiger partial charge in [-0.05, 0) is 98.7 Å². The number of carbonyl (C=O) groups excluding carboxylic acids is 2. The minimum atomic E-state index is -4.43. The number of hydrogen-bond donors (Lipinski definition) is 0. The van der Waals surface area contributed by atoms with Crippen molar-refractivity contribution in [2.24, 2.45) is 0 Å². The van der Waals surface area contributed by atoms with Gasteiger partial charge in [0.05, 0.1) is 27.8 Å². The minimum Gasteiger partial charge on any atom is -0.443 e. The van der Waals surface area contributed by atoms with Crippen molar-refractivity contribution in [1.29, 1.82) is 0 Å². The zero-order valence-corrected chi connectivity index (χ0v) is 34.9. The Morgan fingerprint density at radius 2 is 0.727 bits per heavy atom. The van der Waals surface area contributed by atoms with Gasteiger partial charge < -0.3 is 9.47 Å². The number of ether oxygens (including phenoxy) is 2. The summed E-state index contributed by atoms with van der Waals surface area (Å²) in [5, 5.41) is 0. The van der Waals surface area contributed by atoms with Crippen molar-refractivity contribution in [3.05, 3.63) is 89.5 Å². The fourth-order valence-electron chi connectivity index (χ4n) is 4.42. The number of sulfonamides is 3. The maximum absolute atomic E-state index is 13.8. The maximum atomic E-state index is 13.8. The average molecular weight is 814 g/mol. The molecule has 0 aliphatic carbocycles. The van der Waals surface area contributed by atoms with Crippen LogP contribution in [0.25, 0.3) is 0 Å². The third kappa shape index (κ3) is 12.6. The molecule has 16 heteroatoms. The molecule has 0 N–H and O–H groups in total. The lowest BCUT2D eigenvalue weighted by Crippen LogP contribution is -2.41. The first-order valence-electron chi connectivity index (χ1n) is 17.0. The Balaban J connectivity index is 1.98. The summed E-state index contributed by atoms with van der Waals surface area (Å²) in [7, 11) is -13.1. The van der Waals surface area contributed by atoms with E-state index >= 15 is 0 Å². The van der Waals surface area contributed by atoms with Crippen LogP contribution in [0, 0.1) is 44.5 Å².